The number of hydrogen-bond donors (Lipinski definition) is 6. The number of hydrogen-bond acceptors (Lipinski definition) is 7. The molecule has 1 aliphatic rings. The smallest absolute Gasteiger partial charge is 0.394 e. The Bertz CT molecular complexity index is 275. The predicted molar refractivity (Wildman–Crippen MR) is 46.9 cm³/mol. The second-order valence-corrected chi connectivity index (χ2v) is 4.49. The molecule has 0 spiro atoms. The molecular formula is C6H13O9P. The largest absolute Gasteiger partial charge is 0.472 e. The van der Waals surface area contributed by atoms with Gasteiger partial charge in [-0.15, -0.1) is 0 Å². The zero-order valence-electron chi connectivity index (χ0n) is 7.95. The van der Waals surface area contributed by atoms with Crippen LogP contribution in [0.4, 0.5) is 0 Å². The second-order valence-electron chi connectivity index (χ2n) is 3.29. The summed E-state index contributed by atoms with van der Waals surface area (Å²) in [6.07, 6.45) is -8.25. The Balaban J connectivity index is 2.75. The molecule has 1 fully saturated rings. The summed E-state index contributed by atoms with van der Waals surface area (Å²) in [7, 11) is -4.91. The normalized spacial score (nSPS) is 41.0. The predicted octanol–water partition coefficient (Wildman–Crippen LogP) is -3.10. The number of phosphoric acid groups is 1. The summed E-state index contributed by atoms with van der Waals surface area (Å²) in [6.45, 7) is -0.702. The van der Waals surface area contributed by atoms with E-state index in [9.17, 15) is 19.9 Å². The average molecular weight is 260 g/mol. The summed E-state index contributed by atoms with van der Waals surface area (Å²) in [5.41, 5.74) is 0. The Morgan fingerprint density at radius 1 is 1.12 bits per heavy atom. The van der Waals surface area contributed by atoms with Gasteiger partial charge in [0.15, 0.2) is 6.29 Å². The lowest BCUT2D eigenvalue weighted by atomic mass is 10.00. The maximum Gasteiger partial charge on any atom is 0.472 e. The Morgan fingerprint density at radius 2 is 1.69 bits per heavy atom. The van der Waals surface area contributed by atoms with E-state index in [4.69, 9.17) is 14.9 Å². The van der Waals surface area contributed by atoms with E-state index in [1.54, 1.807) is 0 Å². The fourth-order valence-corrected chi connectivity index (χ4v) is 1.73. The number of phosphoric ester groups is 1. The molecule has 9 nitrogen and oxygen atoms in total. The summed E-state index contributed by atoms with van der Waals surface area (Å²) >= 11 is 0. The van der Waals surface area contributed by atoms with Crippen LogP contribution in [-0.2, 0) is 13.8 Å². The van der Waals surface area contributed by atoms with Gasteiger partial charge in [-0.05, 0) is 0 Å². The molecule has 1 aliphatic heterocycles. The minimum absolute atomic E-state index is 0.702. The molecular weight excluding hydrogens is 247 g/mol. The molecule has 1 heterocycles. The van der Waals surface area contributed by atoms with Crippen molar-refractivity contribution in [3.05, 3.63) is 0 Å². The van der Waals surface area contributed by atoms with E-state index in [0.717, 1.165) is 0 Å². The van der Waals surface area contributed by atoms with Crippen LogP contribution >= 0.6 is 7.82 Å². The third-order valence-electron chi connectivity index (χ3n) is 2.09. The van der Waals surface area contributed by atoms with Gasteiger partial charge in [0.2, 0.25) is 0 Å². The molecule has 5 atom stereocenters. The van der Waals surface area contributed by atoms with E-state index in [0.29, 0.717) is 0 Å². The van der Waals surface area contributed by atoms with Crippen LogP contribution in [0.25, 0.3) is 0 Å². The average Bonchev–Trinajstić information content (AvgIpc) is 2.17. The van der Waals surface area contributed by atoms with Crippen molar-refractivity contribution in [2.24, 2.45) is 0 Å². The van der Waals surface area contributed by atoms with Crippen LogP contribution in [-0.4, -0.2) is 67.5 Å². The number of aliphatic hydroxyl groups excluding tert-OH is 4. The van der Waals surface area contributed by atoms with Crippen molar-refractivity contribution in [2.45, 2.75) is 30.7 Å². The van der Waals surface area contributed by atoms with Crippen molar-refractivity contribution in [3.63, 3.8) is 0 Å². The third-order valence-corrected chi connectivity index (χ3v) is 2.57. The van der Waals surface area contributed by atoms with E-state index in [1.807, 2.05) is 0 Å². The monoisotopic (exact) mass is 260 g/mol. The summed E-state index contributed by atoms with van der Waals surface area (Å²) in [6, 6.07) is 0. The molecule has 0 aromatic heterocycles. The van der Waals surface area contributed by atoms with Crippen LogP contribution in [0.1, 0.15) is 0 Å². The molecule has 0 radical (unpaired) electrons. The maximum atomic E-state index is 10.5. The van der Waals surface area contributed by atoms with Gasteiger partial charge in [-0.2, -0.15) is 0 Å². The molecule has 1 saturated heterocycles. The minimum Gasteiger partial charge on any atom is -0.394 e. The summed E-state index contributed by atoms with van der Waals surface area (Å²) < 4.78 is 19.2. The van der Waals surface area contributed by atoms with Gasteiger partial charge < -0.3 is 34.9 Å². The van der Waals surface area contributed by atoms with Crippen LogP contribution < -0.4 is 0 Å². The molecule has 0 bridgehead atoms. The number of aliphatic hydroxyl groups is 4. The number of ether oxygens (including phenoxy) is 1. The molecule has 0 aromatic carbocycles. The molecule has 96 valence electrons. The Hall–Kier alpha value is -0.0900. The van der Waals surface area contributed by atoms with Crippen LogP contribution in [0.3, 0.4) is 0 Å². The van der Waals surface area contributed by atoms with Crippen LogP contribution in [0, 0.1) is 0 Å². The molecule has 0 saturated carbocycles. The molecule has 1 rings (SSSR count). The summed E-state index contributed by atoms with van der Waals surface area (Å²) in [5, 5.41) is 36.6. The van der Waals surface area contributed by atoms with E-state index < -0.39 is 45.1 Å². The SMILES string of the molecule is O=P(O)(O)O[C@@H]1OC(CO)C(O)C(O)[C@H]1O. The van der Waals surface area contributed by atoms with Gasteiger partial charge in [-0.25, -0.2) is 4.57 Å². The standard InChI is InChI=1S/C6H13O9P/c7-1-2-3(8)4(9)5(10)6(14-2)15-16(11,12)13/h2-10H,1H2,(H2,11,12,13)/t2?,3?,4?,5-,6+/m1/s1. The van der Waals surface area contributed by atoms with E-state index >= 15 is 0 Å². The Labute approximate surface area is 90.1 Å². The lowest BCUT2D eigenvalue weighted by molar-refractivity contribution is -0.280. The lowest BCUT2D eigenvalue weighted by Gasteiger charge is -2.39. The van der Waals surface area contributed by atoms with Crippen LogP contribution in [0.5, 0.6) is 0 Å². The molecule has 16 heavy (non-hydrogen) atoms. The van der Waals surface area contributed by atoms with Gasteiger partial charge in [-0.3, -0.25) is 4.52 Å². The topological polar surface area (TPSA) is 157 Å². The zero-order valence-corrected chi connectivity index (χ0v) is 8.84. The zero-order chi connectivity index (χ0) is 12.5. The molecule has 0 aliphatic carbocycles. The highest BCUT2D eigenvalue weighted by Gasteiger charge is 2.46. The van der Waals surface area contributed by atoms with E-state index in [1.165, 1.54) is 0 Å². The van der Waals surface area contributed by atoms with E-state index in [2.05, 4.69) is 9.26 Å². The van der Waals surface area contributed by atoms with E-state index in [-0.39, 0.29) is 0 Å². The van der Waals surface area contributed by atoms with Crippen molar-refractivity contribution in [1.29, 1.82) is 0 Å². The van der Waals surface area contributed by atoms with Crippen LogP contribution in [0.2, 0.25) is 0 Å². The summed E-state index contributed by atoms with van der Waals surface area (Å²) in [4.78, 5) is 17.0. The van der Waals surface area contributed by atoms with Gasteiger partial charge in [0, 0.05) is 0 Å². The Kier molecular flexibility index (Phi) is 4.41. The van der Waals surface area contributed by atoms with Crippen molar-refractivity contribution < 1.29 is 44.0 Å². The van der Waals surface area contributed by atoms with Gasteiger partial charge in [0.05, 0.1) is 6.61 Å². The van der Waals surface area contributed by atoms with Crippen LogP contribution in [0.15, 0.2) is 0 Å². The molecule has 0 aromatic rings. The molecule has 6 N–H and O–H groups in total. The molecule has 10 heteroatoms. The first-order valence-corrected chi connectivity index (χ1v) is 5.83. The maximum absolute atomic E-state index is 10.5. The van der Waals surface area contributed by atoms with Gasteiger partial charge in [0.1, 0.15) is 24.4 Å². The Morgan fingerprint density at radius 3 is 2.12 bits per heavy atom. The first-order valence-electron chi connectivity index (χ1n) is 4.30. The second kappa shape index (κ2) is 5.05. The van der Waals surface area contributed by atoms with Gasteiger partial charge >= 0.3 is 7.82 Å². The number of rotatable bonds is 3. The third kappa shape index (κ3) is 3.20. The highest BCUT2D eigenvalue weighted by molar-refractivity contribution is 7.46. The first-order chi connectivity index (χ1) is 7.26. The van der Waals surface area contributed by atoms with Gasteiger partial charge in [-0.1, -0.05) is 0 Å². The van der Waals surface area contributed by atoms with Crippen molar-refractivity contribution >= 4 is 7.82 Å². The highest BCUT2D eigenvalue weighted by Crippen LogP contribution is 2.40. The fourth-order valence-electron chi connectivity index (χ4n) is 1.29. The minimum atomic E-state index is -4.91. The first kappa shape index (κ1) is 14.0. The molecule has 0 amide bonds. The van der Waals surface area contributed by atoms with Crippen molar-refractivity contribution in [1.82, 2.24) is 0 Å². The lowest BCUT2D eigenvalue weighted by Crippen LogP contribution is -2.58. The quantitative estimate of drug-likeness (QED) is 0.289. The summed E-state index contributed by atoms with van der Waals surface area (Å²) in [5.74, 6) is 0. The van der Waals surface area contributed by atoms with Crippen molar-refractivity contribution in [3.8, 4) is 0 Å². The fraction of sp³-hybridized carbons (Fsp3) is 1.00. The highest BCUT2D eigenvalue weighted by atomic mass is 31.2. The van der Waals surface area contributed by atoms with Crippen molar-refractivity contribution in [2.75, 3.05) is 6.61 Å². The van der Waals surface area contributed by atoms with Gasteiger partial charge in [0.25, 0.3) is 0 Å². The molecule has 3 unspecified atom stereocenters.